The summed E-state index contributed by atoms with van der Waals surface area (Å²) in [5, 5.41) is 12.3. The van der Waals surface area contributed by atoms with Crippen molar-refractivity contribution >= 4 is 28.6 Å². The summed E-state index contributed by atoms with van der Waals surface area (Å²) in [4.78, 5) is 16.6. The maximum Gasteiger partial charge on any atom is 0.412 e. The fourth-order valence-corrected chi connectivity index (χ4v) is 2.94. The van der Waals surface area contributed by atoms with Gasteiger partial charge in [-0.1, -0.05) is 11.6 Å². The molecule has 2 aromatic rings. The molecule has 0 aliphatic carbocycles. The Bertz CT molecular complexity index is 736. The Morgan fingerprint density at radius 3 is 2.73 bits per heavy atom. The van der Waals surface area contributed by atoms with Crippen molar-refractivity contribution < 1.29 is 14.6 Å². The van der Waals surface area contributed by atoms with E-state index in [2.05, 4.69) is 4.98 Å². The van der Waals surface area contributed by atoms with E-state index >= 15 is 0 Å². The van der Waals surface area contributed by atoms with E-state index in [9.17, 15) is 9.90 Å². The van der Waals surface area contributed by atoms with Crippen molar-refractivity contribution in [3.8, 4) is 0 Å². The average molecular weight is 323 g/mol. The number of H-pyrrole nitrogens is 1. The van der Waals surface area contributed by atoms with E-state index in [1.807, 2.05) is 24.4 Å². The fraction of sp³-hybridized carbons (Fsp3) is 0.438. The van der Waals surface area contributed by atoms with Gasteiger partial charge in [-0.05, 0) is 51.0 Å². The van der Waals surface area contributed by atoms with Gasteiger partial charge in [-0.25, -0.2) is 4.79 Å². The Balaban J connectivity index is 1.82. The van der Waals surface area contributed by atoms with Gasteiger partial charge in [-0.15, -0.1) is 0 Å². The summed E-state index contributed by atoms with van der Waals surface area (Å²) in [6.45, 7) is 5.38. The van der Waals surface area contributed by atoms with Gasteiger partial charge < -0.3 is 14.8 Å². The lowest BCUT2D eigenvalue weighted by molar-refractivity contribution is -0.126. The number of aromatic nitrogens is 1. The summed E-state index contributed by atoms with van der Waals surface area (Å²) in [7, 11) is 0. The standard InChI is InChI=1S/C16H19ClN2O3/c1-15(2)16(3,21)19(14(20)22-15)7-6-10-9-18-13-5-4-11(17)8-12(10)13/h4-5,8-9,18,21H,6-7H2,1-3H3/t16-/m0/s1. The number of ether oxygens (including phenoxy) is 1. The van der Waals surface area contributed by atoms with E-state index in [0.29, 0.717) is 18.0 Å². The Morgan fingerprint density at radius 1 is 1.36 bits per heavy atom. The number of amides is 1. The van der Waals surface area contributed by atoms with Crippen molar-refractivity contribution in [1.29, 1.82) is 0 Å². The lowest BCUT2D eigenvalue weighted by atomic mass is 9.95. The monoisotopic (exact) mass is 322 g/mol. The Labute approximate surface area is 133 Å². The van der Waals surface area contributed by atoms with Gasteiger partial charge in [0.2, 0.25) is 0 Å². The lowest BCUT2D eigenvalue weighted by Crippen LogP contribution is -2.54. The SMILES string of the molecule is CC1(C)OC(=O)N(CCc2c[nH]c3ccc(Cl)cc23)[C@@]1(C)O. The van der Waals surface area contributed by atoms with Crippen molar-refractivity contribution in [3.63, 3.8) is 0 Å². The lowest BCUT2D eigenvalue weighted by Gasteiger charge is -2.34. The fourth-order valence-electron chi connectivity index (χ4n) is 2.77. The minimum Gasteiger partial charge on any atom is -0.438 e. The quantitative estimate of drug-likeness (QED) is 0.911. The van der Waals surface area contributed by atoms with Crippen LogP contribution in [0.5, 0.6) is 0 Å². The van der Waals surface area contributed by atoms with Gasteiger partial charge in [0, 0.05) is 28.7 Å². The number of benzene rings is 1. The van der Waals surface area contributed by atoms with Crippen LogP contribution < -0.4 is 0 Å². The Kier molecular flexibility index (Phi) is 3.38. The van der Waals surface area contributed by atoms with E-state index in [-0.39, 0.29) is 0 Å². The number of carbonyl (C=O) groups is 1. The van der Waals surface area contributed by atoms with E-state index in [4.69, 9.17) is 16.3 Å². The van der Waals surface area contributed by atoms with Gasteiger partial charge in [-0.2, -0.15) is 0 Å². The first kappa shape index (κ1) is 15.2. The number of carbonyl (C=O) groups excluding carboxylic acids is 1. The van der Waals surface area contributed by atoms with Crippen LogP contribution in [0.25, 0.3) is 10.9 Å². The van der Waals surface area contributed by atoms with Crippen LogP contribution in [0, 0.1) is 0 Å². The zero-order chi connectivity index (χ0) is 16.1. The predicted molar refractivity (Wildman–Crippen MR) is 84.9 cm³/mol. The van der Waals surface area contributed by atoms with Crippen LogP contribution in [0.15, 0.2) is 24.4 Å². The van der Waals surface area contributed by atoms with Crippen LogP contribution in [0.4, 0.5) is 4.79 Å². The molecule has 0 radical (unpaired) electrons. The second-order valence-corrected chi connectivity index (χ2v) is 6.74. The second-order valence-electron chi connectivity index (χ2n) is 6.30. The van der Waals surface area contributed by atoms with Crippen molar-refractivity contribution in [2.24, 2.45) is 0 Å². The summed E-state index contributed by atoms with van der Waals surface area (Å²) >= 11 is 6.04. The molecular weight excluding hydrogens is 304 g/mol. The van der Waals surface area contributed by atoms with Crippen LogP contribution in [-0.4, -0.2) is 39.0 Å². The van der Waals surface area contributed by atoms with Crippen LogP contribution in [0.1, 0.15) is 26.3 Å². The van der Waals surface area contributed by atoms with Gasteiger partial charge >= 0.3 is 6.09 Å². The molecule has 6 heteroatoms. The molecule has 0 spiro atoms. The normalized spacial score (nSPS) is 24.0. The zero-order valence-corrected chi connectivity index (χ0v) is 13.6. The van der Waals surface area contributed by atoms with Crippen molar-refractivity contribution in [2.75, 3.05) is 6.54 Å². The highest BCUT2D eigenvalue weighted by Gasteiger charge is 2.56. The smallest absolute Gasteiger partial charge is 0.412 e. The molecule has 0 bridgehead atoms. The molecule has 1 aliphatic rings. The second kappa shape index (κ2) is 4.89. The number of hydrogen-bond acceptors (Lipinski definition) is 3. The molecule has 1 atom stereocenters. The number of fused-ring (bicyclic) bond motifs is 1. The molecule has 1 saturated heterocycles. The number of nitrogens with one attached hydrogen (secondary N) is 1. The molecule has 0 unspecified atom stereocenters. The molecule has 2 heterocycles. The van der Waals surface area contributed by atoms with E-state index < -0.39 is 17.4 Å². The summed E-state index contributed by atoms with van der Waals surface area (Å²) in [5.41, 5.74) is -0.233. The first-order valence-corrected chi connectivity index (χ1v) is 7.59. The van der Waals surface area contributed by atoms with E-state index in [0.717, 1.165) is 16.5 Å². The predicted octanol–water partition coefficient (Wildman–Crippen LogP) is 3.30. The van der Waals surface area contributed by atoms with Crippen molar-refractivity contribution in [1.82, 2.24) is 9.88 Å². The number of cyclic esters (lactones) is 1. The highest BCUT2D eigenvalue weighted by molar-refractivity contribution is 6.31. The van der Waals surface area contributed by atoms with Gasteiger partial charge in [0.25, 0.3) is 0 Å². The van der Waals surface area contributed by atoms with Crippen LogP contribution in [-0.2, 0) is 11.2 Å². The largest absolute Gasteiger partial charge is 0.438 e. The molecule has 1 aromatic heterocycles. The third-order valence-corrected chi connectivity index (χ3v) is 4.80. The first-order chi connectivity index (χ1) is 10.2. The van der Waals surface area contributed by atoms with Gasteiger partial charge in [-0.3, -0.25) is 4.90 Å². The molecule has 1 aliphatic heterocycles. The Hall–Kier alpha value is -1.72. The highest BCUT2D eigenvalue weighted by atomic mass is 35.5. The molecule has 5 nitrogen and oxygen atoms in total. The van der Waals surface area contributed by atoms with Crippen molar-refractivity contribution in [3.05, 3.63) is 35.0 Å². The third-order valence-electron chi connectivity index (χ3n) is 4.56. The number of halogens is 1. The Morgan fingerprint density at radius 2 is 2.09 bits per heavy atom. The molecule has 22 heavy (non-hydrogen) atoms. The summed E-state index contributed by atoms with van der Waals surface area (Å²) in [6.07, 6.45) is 2.01. The molecule has 1 amide bonds. The van der Waals surface area contributed by atoms with Crippen molar-refractivity contribution in [2.45, 2.75) is 38.5 Å². The topological polar surface area (TPSA) is 65.6 Å². The number of hydrogen-bond donors (Lipinski definition) is 2. The van der Waals surface area contributed by atoms with Gasteiger partial charge in [0.1, 0.15) is 0 Å². The molecule has 118 valence electrons. The minimum atomic E-state index is -1.34. The number of nitrogens with zero attached hydrogens (tertiary/aromatic N) is 1. The molecule has 2 N–H and O–H groups in total. The van der Waals surface area contributed by atoms with Gasteiger partial charge in [0.05, 0.1) is 0 Å². The molecule has 3 rings (SSSR count). The van der Waals surface area contributed by atoms with E-state index in [1.54, 1.807) is 20.8 Å². The third kappa shape index (κ3) is 2.25. The van der Waals surface area contributed by atoms with Crippen LogP contribution >= 0.6 is 11.6 Å². The average Bonchev–Trinajstić information content (AvgIpc) is 2.86. The molecule has 1 aromatic carbocycles. The summed E-state index contributed by atoms with van der Waals surface area (Å²) in [5.74, 6) is 0. The molecular formula is C16H19ClN2O3. The molecule has 0 saturated carbocycles. The van der Waals surface area contributed by atoms with Crippen LogP contribution in [0.3, 0.4) is 0 Å². The molecule has 1 fully saturated rings. The first-order valence-electron chi connectivity index (χ1n) is 7.21. The number of aromatic amines is 1. The maximum absolute atomic E-state index is 12.0. The highest BCUT2D eigenvalue weighted by Crippen LogP contribution is 2.37. The number of aliphatic hydroxyl groups is 1. The summed E-state index contributed by atoms with van der Waals surface area (Å²) in [6, 6.07) is 5.65. The maximum atomic E-state index is 12.0. The van der Waals surface area contributed by atoms with E-state index in [1.165, 1.54) is 4.90 Å². The minimum absolute atomic E-state index is 0.370. The van der Waals surface area contributed by atoms with Gasteiger partial charge in [0.15, 0.2) is 11.3 Å². The zero-order valence-electron chi connectivity index (χ0n) is 12.8. The number of rotatable bonds is 3. The summed E-state index contributed by atoms with van der Waals surface area (Å²) < 4.78 is 5.26. The van der Waals surface area contributed by atoms with Crippen LogP contribution in [0.2, 0.25) is 5.02 Å².